The molecule has 6 heteroatoms. The maximum atomic E-state index is 13.7. The van der Waals surface area contributed by atoms with Crippen LogP contribution in [0.1, 0.15) is 31.2 Å². The number of carbonyl (C=O) groups excluding carboxylic acids is 1. The van der Waals surface area contributed by atoms with Crippen molar-refractivity contribution >= 4 is 16.8 Å². The molecule has 0 atom stereocenters. The summed E-state index contributed by atoms with van der Waals surface area (Å²) in [4.78, 5) is 13.4. The molecule has 0 unspecified atom stereocenters. The smallest absolute Gasteiger partial charge is 0.219 e. The SMILES string of the molecule is COc1cc(-n2ncc3cc(C4CCN(C(C)=O)CC4)ccc32)ccc1F. The zero-order chi connectivity index (χ0) is 19.0. The second kappa shape index (κ2) is 7.02. The highest BCUT2D eigenvalue weighted by Gasteiger charge is 2.22. The zero-order valence-corrected chi connectivity index (χ0v) is 15.5. The summed E-state index contributed by atoms with van der Waals surface area (Å²) in [6.07, 6.45) is 3.79. The van der Waals surface area contributed by atoms with Crippen molar-refractivity contribution < 1.29 is 13.9 Å². The fourth-order valence-electron chi connectivity index (χ4n) is 3.82. The van der Waals surface area contributed by atoms with Gasteiger partial charge in [-0.1, -0.05) is 6.07 Å². The van der Waals surface area contributed by atoms with Crippen LogP contribution in [0, 0.1) is 5.82 Å². The number of nitrogens with zero attached hydrogens (tertiary/aromatic N) is 3. The van der Waals surface area contributed by atoms with E-state index in [1.807, 2.05) is 11.1 Å². The quantitative estimate of drug-likeness (QED) is 0.705. The van der Waals surface area contributed by atoms with E-state index in [1.54, 1.807) is 23.7 Å². The number of likely N-dealkylation sites (tertiary alicyclic amines) is 1. The topological polar surface area (TPSA) is 47.4 Å². The Morgan fingerprint density at radius 1 is 1.19 bits per heavy atom. The molecule has 5 nitrogen and oxygen atoms in total. The van der Waals surface area contributed by atoms with E-state index in [2.05, 4.69) is 23.3 Å². The molecule has 0 aliphatic carbocycles. The molecule has 0 radical (unpaired) electrons. The van der Waals surface area contributed by atoms with Crippen LogP contribution in [-0.2, 0) is 4.79 Å². The van der Waals surface area contributed by atoms with Crippen molar-refractivity contribution in [1.29, 1.82) is 0 Å². The van der Waals surface area contributed by atoms with E-state index in [9.17, 15) is 9.18 Å². The predicted molar refractivity (Wildman–Crippen MR) is 102 cm³/mol. The molecule has 1 fully saturated rings. The Hall–Kier alpha value is -2.89. The molecule has 1 saturated heterocycles. The minimum atomic E-state index is -0.392. The van der Waals surface area contributed by atoms with E-state index in [0.717, 1.165) is 42.5 Å². The molecular weight excluding hydrogens is 345 g/mol. The van der Waals surface area contributed by atoms with Crippen LogP contribution in [0.25, 0.3) is 16.6 Å². The Bertz CT molecular complexity index is 990. The van der Waals surface area contributed by atoms with Crippen LogP contribution in [-0.4, -0.2) is 40.8 Å². The van der Waals surface area contributed by atoms with Gasteiger partial charge in [0.2, 0.25) is 5.91 Å². The first-order valence-electron chi connectivity index (χ1n) is 9.14. The van der Waals surface area contributed by atoms with Gasteiger partial charge in [-0.2, -0.15) is 5.10 Å². The summed E-state index contributed by atoms with van der Waals surface area (Å²) < 4.78 is 20.5. The fourth-order valence-corrected chi connectivity index (χ4v) is 3.82. The number of hydrogen-bond acceptors (Lipinski definition) is 3. The van der Waals surface area contributed by atoms with Crippen LogP contribution in [0.3, 0.4) is 0 Å². The highest BCUT2D eigenvalue weighted by Crippen LogP contribution is 2.31. The Labute approximate surface area is 157 Å². The molecule has 2 heterocycles. The Balaban J connectivity index is 1.62. The van der Waals surface area contributed by atoms with Crippen molar-refractivity contribution in [3.8, 4) is 11.4 Å². The molecule has 0 N–H and O–H groups in total. The number of piperidine rings is 1. The Morgan fingerprint density at radius 3 is 2.67 bits per heavy atom. The van der Waals surface area contributed by atoms with Gasteiger partial charge in [-0.3, -0.25) is 4.79 Å². The van der Waals surface area contributed by atoms with Gasteiger partial charge in [0.1, 0.15) is 0 Å². The highest BCUT2D eigenvalue weighted by atomic mass is 19.1. The van der Waals surface area contributed by atoms with Gasteiger partial charge >= 0.3 is 0 Å². The van der Waals surface area contributed by atoms with Gasteiger partial charge in [0, 0.05) is 31.5 Å². The van der Waals surface area contributed by atoms with Crippen LogP contribution in [0.4, 0.5) is 4.39 Å². The maximum absolute atomic E-state index is 13.7. The standard InChI is InChI=1S/C21H22FN3O2/c1-14(26)24-9-7-15(8-10-24)16-3-6-20-17(11-16)13-23-25(20)18-4-5-19(22)21(12-18)27-2/h3-6,11-13,15H,7-10H2,1-2H3. The number of methoxy groups -OCH3 is 1. The first kappa shape index (κ1) is 17.5. The van der Waals surface area contributed by atoms with Crippen LogP contribution in [0.5, 0.6) is 5.75 Å². The first-order valence-corrected chi connectivity index (χ1v) is 9.14. The van der Waals surface area contributed by atoms with E-state index < -0.39 is 5.82 Å². The predicted octanol–water partition coefficient (Wildman–Crippen LogP) is 3.90. The van der Waals surface area contributed by atoms with E-state index in [-0.39, 0.29) is 11.7 Å². The first-order chi connectivity index (χ1) is 13.1. The largest absolute Gasteiger partial charge is 0.494 e. The van der Waals surface area contributed by atoms with Crippen LogP contribution in [0.2, 0.25) is 0 Å². The molecule has 140 valence electrons. The van der Waals surface area contributed by atoms with Gasteiger partial charge in [-0.25, -0.2) is 9.07 Å². The van der Waals surface area contributed by atoms with Crippen molar-refractivity contribution in [2.75, 3.05) is 20.2 Å². The van der Waals surface area contributed by atoms with Crippen molar-refractivity contribution in [1.82, 2.24) is 14.7 Å². The number of rotatable bonds is 3. The number of aromatic nitrogens is 2. The van der Waals surface area contributed by atoms with Crippen molar-refractivity contribution in [2.45, 2.75) is 25.7 Å². The molecular formula is C21H22FN3O2. The third kappa shape index (κ3) is 3.27. The summed E-state index contributed by atoms with van der Waals surface area (Å²) in [7, 11) is 1.45. The fraction of sp³-hybridized carbons (Fsp3) is 0.333. The number of amides is 1. The molecule has 3 aromatic rings. The van der Waals surface area contributed by atoms with Crippen LogP contribution < -0.4 is 4.74 Å². The molecule has 0 saturated carbocycles. The normalized spacial score (nSPS) is 15.3. The molecule has 0 bridgehead atoms. The summed E-state index contributed by atoms with van der Waals surface area (Å²) in [6, 6.07) is 11.1. The van der Waals surface area contributed by atoms with Gasteiger partial charge in [0.25, 0.3) is 0 Å². The van der Waals surface area contributed by atoms with Gasteiger partial charge < -0.3 is 9.64 Å². The lowest BCUT2D eigenvalue weighted by atomic mass is 9.89. The summed E-state index contributed by atoms with van der Waals surface area (Å²) in [5.74, 6) is 0.418. The molecule has 1 amide bonds. The third-order valence-corrected chi connectivity index (χ3v) is 5.38. The van der Waals surface area contributed by atoms with Crippen LogP contribution in [0.15, 0.2) is 42.6 Å². The number of fused-ring (bicyclic) bond motifs is 1. The summed E-state index contributed by atoms with van der Waals surface area (Å²) in [6.45, 7) is 3.25. The van der Waals surface area contributed by atoms with E-state index in [0.29, 0.717) is 5.92 Å². The lowest BCUT2D eigenvalue weighted by Gasteiger charge is -2.31. The van der Waals surface area contributed by atoms with E-state index in [1.165, 1.54) is 18.7 Å². The average Bonchev–Trinajstić information content (AvgIpc) is 3.11. The number of hydrogen-bond donors (Lipinski definition) is 0. The zero-order valence-electron chi connectivity index (χ0n) is 15.5. The Morgan fingerprint density at radius 2 is 1.96 bits per heavy atom. The lowest BCUT2D eigenvalue weighted by Crippen LogP contribution is -2.36. The van der Waals surface area contributed by atoms with E-state index >= 15 is 0 Å². The second-order valence-electron chi connectivity index (χ2n) is 6.97. The molecule has 1 aromatic heterocycles. The highest BCUT2D eigenvalue weighted by molar-refractivity contribution is 5.81. The van der Waals surface area contributed by atoms with Gasteiger partial charge in [-0.05, 0) is 48.6 Å². The maximum Gasteiger partial charge on any atom is 0.219 e. The molecule has 1 aliphatic heterocycles. The molecule has 0 spiro atoms. The molecule has 4 rings (SSSR count). The van der Waals surface area contributed by atoms with Crippen molar-refractivity contribution in [3.05, 3.63) is 54.0 Å². The average molecular weight is 367 g/mol. The number of ether oxygens (including phenoxy) is 1. The van der Waals surface area contributed by atoms with Crippen molar-refractivity contribution in [2.24, 2.45) is 0 Å². The third-order valence-electron chi connectivity index (χ3n) is 5.38. The summed E-state index contributed by atoms with van der Waals surface area (Å²) in [5, 5.41) is 5.52. The summed E-state index contributed by atoms with van der Waals surface area (Å²) in [5.41, 5.74) is 3.00. The minimum Gasteiger partial charge on any atom is -0.494 e. The molecule has 27 heavy (non-hydrogen) atoms. The van der Waals surface area contributed by atoms with E-state index in [4.69, 9.17) is 4.74 Å². The number of benzene rings is 2. The number of carbonyl (C=O) groups is 1. The minimum absolute atomic E-state index is 0.153. The molecule has 1 aliphatic rings. The Kier molecular flexibility index (Phi) is 4.56. The second-order valence-corrected chi connectivity index (χ2v) is 6.97. The monoisotopic (exact) mass is 367 g/mol. The van der Waals surface area contributed by atoms with Gasteiger partial charge in [-0.15, -0.1) is 0 Å². The van der Waals surface area contributed by atoms with Crippen molar-refractivity contribution in [3.63, 3.8) is 0 Å². The number of halogens is 1. The molecule has 2 aromatic carbocycles. The summed E-state index contributed by atoms with van der Waals surface area (Å²) >= 11 is 0. The van der Waals surface area contributed by atoms with Gasteiger partial charge in [0.15, 0.2) is 11.6 Å². The van der Waals surface area contributed by atoms with Gasteiger partial charge in [0.05, 0.1) is 24.5 Å². The lowest BCUT2D eigenvalue weighted by molar-refractivity contribution is -0.129. The van der Waals surface area contributed by atoms with Crippen LogP contribution >= 0.6 is 0 Å².